The Labute approximate surface area is 133 Å². The molecule has 0 aliphatic heterocycles. The molecule has 3 heteroatoms. The van der Waals surface area contributed by atoms with Gasteiger partial charge in [0.1, 0.15) is 0 Å². The van der Waals surface area contributed by atoms with Crippen molar-refractivity contribution in [3.05, 3.63) is 28.8 Å². The van der Waals surface area contributed by atoms with Crippen LogP contribution in [0.1, 0.15) is 51.5 Å². The lowest BCUT2D eigenvalue weighted by molar-refractivity contribution is 0.528. The lowest BCUT2D eigenvalue weighted by Gasteiger charge is -2.33. The minimum Gasteiger partial charge on any atom is -0.368 e. The lowest BCUT2D eigenvalue weighted by Crippen LogP contribution is -2.35. The Bertz CT molecular complexity index is 425. The first-order valence-corrected chi connectivity index (χ1v) is 8.64. The molecular weight excluding hydrogens is 289 g/mol. The van der Waals surface area contributed by atoms with Crippen molar-refractivity contribution in [3.8, 4) is 0 Å². The van der Waals surface area contributed by atoms with Crippen LogP contribution >= 0.6 is 23.2 Å². The largest absolute Gasteiger partial charge is 0.368 e. The van der Waals surface area contributed by atoms with E-state index in [-0.39, 0.29) is 0 Å². The van der Waals surface area contributed by atoms with Crippen molar-refractivity contribution in [1.29, 1.82) is 0 Å². The third-order valence-electron chi connectivity index (χ3n) is 4.25. The van der Waals surface area contributed by atoms with Crippen LogP contribution < -0.4 is 4.90 Å². The monoisotopic (exact) mass is 313 g/mol. The third kappa shape index (κ3) is 3.83. The van der Waals surface area contributed by atoms with E-state index in [1.54, 1.807) is 0 Å². The summed E-state index contributed by atoms with van der Waals surface area (Å²) in [7, 11) is 0. The van der Waals surface area contributed by atoms with E-state index in [4.69, 9.17) is 23.2 Å². The van der Waals surface area contributed by atoms with Crippen molar-refractivity contribution in [1.82, 2.24) is 0 Å². The van der Waals surface area contributed by atoms with Gasteiger partial charge in [0.15, 0.2) is 0 Å². The van der Waals surface area contributed by atoms with Gasteiger partial charge in [0.05, 0.1) is 5.88 Å². The van der Waals surface area contributed by atoms with Crippen molar-refractivity contribution in [2.45, 2.75) is 57.9 Å². The molecule has 0 heterocycles. The minimum absolute atomic E-state index is 0.486. The molecule has 1 saturated carbocycles. The first kappa shape index (κ1) is 16.0. The van der Waals surface area contributed by atoms with Gasteiger partial charge in [-0.1, -0.05) is 44.4 Å². The van der Waals surface area contributed by atoms with Crippen LogP contribution in [0, 0.1) is 5.92 Å². The van der Waals surface area contributed by atoms with Crippen LogP contribution in [0.25, 0.3) is 0 Å². The van der Waals surface area contributed by atoms with Gasteiger partial charge in [0.25, 0.3) is 0 Å². The summed E-state index contributed by atoms with van der Waals surface area (Å²) >= 11 is 12.5. The van der Waals surface area contributed by atoms with Crippen molar-refractivity contribution < 1.29 is 0 Å². The van der Waals surface area contributed by atoms with Gasteiger partial charge in [-0.25, -0.2) is 0 Å². The summed E-state index contributed by atoms with van der Waals surface area (Å²) in [5, 5.41) is 0.796. The molecule has 0 spiro atoms. The summed E-state index contributed by atoms with van der Waals surface area (Å²) < 4.78 is 0. The molecular formula is C17H25Cl2N. The molecule has 1 nitrogen and oxygen atoms in total. The molecule has 0 bridgehead atoms. The molecule has 1 aliphatic rings. The van der Waals surface area contributed by atoms with Crippen LogP contribution in [0.5, 0.6) is 0 Å². The molecule has 0 amide bonds. The summed E-state index contributed by atoms with van der Waals surface area (Å²) in [5.74, 6) is 1.21. The molecule has 20 heavy (non-hydrogen) atoms. The van der Waals surface area contributed by atoms with Crippen LogP contribution in [0.15, 0.2) is 18.2 Å². The molecule has 0 unspecified atom stereocenters. The van der Waals surface area contributed by atoms with Gasteiger partial charge in [-0.2, -0.15) is 0 Å². The van der Waals surface area contributed by atoms with Gasteiger partial charge in [0.2, 0.25) is 0 Å². The molecule has 1 aromatic rings. The van der Waals surface area contributed by atoms with E-state index in [0.717, 1.165) is 23.0 Å². The van der Waals surface area contributed by atoms with Gasteiger partial charge < -0.3 is 4.90 Å². The average Bonchev–Trinajstić information content (AvgIpc) is 2.93. The maximum absolute atomic E-state index is 6.33. The number of alkyl halides is 1. The van der Waals surface area contributed by atoms with Gasteiger partial charge in [-0.05, 0) is 37.3 Å². The molecule has 0 radical (unpaired) electrons. The summed E-state index contributed by atoms with van der Waals surface area (Å²) in [6, 6.07) is 6.83. The quantitative estimate of drug-likeness (QED) is 0.593. The highest BCUT2D eigenvalue weighted by atomic mass is 35.5. The fourth-order valence-electron chi connectivity index (χ4n) is 3.06. The van der Waals surface area contributed by atoms with E-state index >= 15 is 0 Å². The Morgan fingerprint density at radius 3 is 2.55 bits per heavy atom. The van der Waals surface area contributed by atoms with Crippen molar-refractivity contribution in [2.75, 3.05) is 11.4 Å². The van der Waals surface area contributed by atoms with Crippen molar-refractivity contribution in [2.24, 2.45) is 5.92 Å². The zero-order chi connectivity index (χ0) is 14.5. The molecule has 0 saturated heterocycles. The molecule has 0 N–H and O–H groups in total. The highest BCUT2D eigenvalue weighted by molar-refractivity contribution is 6.32. The SMILES string of the molecule is CC(C)CCN(c1cccc(Cl)c1CCl)C1CCCC1. The van der Waals surface area contributed by atoms with E-state index < -0.39 is 0 Å². The standard InChI is InChI=1S/C17H25Cl2N/c1-13(2)10-11-20(14-6-3-4-7-14)17-9-5-8-16(19)15(17)12-18/h5,8-9,13-14H,3-4,6-7,10-12H2,1-2H3. The second kappa shape index (κ2) is 7.56. The summed E-state index contributed by atoms with van der Waals surface area (Å²) in [4.78, 5) is 2.57. The van der Waals surface area contributed by atoms with Crippen LogP contribution in [0.2, 0.25) is 5.02 Å². The first-order valence-electron chi connectivity index (χ1n) is 7.73. The summed E-state index contributed by atoms with van der Waals surface area (Å²) in [6.07, 6.45) is 6.50. The molecule has 112 valence electrons. The molecule has 0 aromatic heterocycles. The number of anilines is 1. The number of rotatable bonds is 6. The second-order valence-corrected chi connectivity index (χ2v) is 6.86. The van der Waals surface area contributed by atoms with Crippen LogP contribution in [-0.4, -0.2) is 12.6 Å². The van der Waals surface area contributed by atoms with Crippen molar-refractivity contribution >= 4 is 28.9 Å². The van der Waals surface area contributed by atoms with E-state index in [9.17, 15) is 0 Å². The molecule has 1 aromatic carbocycles. The smallest absolute Gasteiger partial charge is 0.0509 e. The Kier molecular flexibility index (Phi) is 6.04. The molecule has 2 rings (SSSR count). The van der Waals surface area contributed by atoms with E-state index in [1.165, 1.54) is 37.8 Å². The number of benzene rings is 1. The number of nitrogens with zero attached hydrogens (tertiary/aromatic N) is 1. The van der Waals surface area contributed by atoms with Gasteiger partial charge in [-0.3, -0.25) is 0 Å². The topological polar surface area (TPSA) is 3.24 Å². The summed E-state index contributed by atoms with van der Waals surface area (Å²) in [5.41, 5.74) is 2.34. The lowest BCUT2D eigenvalue weighted by atomic mass is 10.1. The fourth-order valence-corrected chi connectivity index (χ4v) is 3.65. The zero-order valence-corrected chi connectivity index (χ0v) is 14.1. The highest BCUT2D eigenvalue weighted by Crippen LogP contribution is 2.34. The maximum atomic E-state index is 6.33. The first-order chi connectivity index (χ1) is 9.63. The molecule has 0 atom stereocenters. The van der Waals surface area contributed by atoms with Crippen LogP contribution in [0.3, 0.4) is 0 Å². The Hall–Kier alpha value is -0.400. The average molecular weight is 314 g/mol. The van der Waals surface area contributed by atoms with Gasteiger partial charge in [-0.15, -0.1) is 11.6 Å². The van der Waals surface area contributed by atoms with E-state index in [0.29, 0.717) is 11.9 Å². The maximum Gasteiger partial charge on any atom is 0.0509 e. The van der Waals surface area contributed by atoms with E-state index in [1.807, 2.05) is 12.1 Å². The normalized spacial score (nSPS) is 16.1. The number of halogens is 2. The van der Waals surface area contributed by atoms with Crippen molar-refractivity contribution in [3.63, 3.8) is 0 Å². The molecule has 1 fully saturated rings. The minimum atomic E-state index is 0.486. The Balaban J connectivity index is 2.27. The zero-order valence-electron chi connectivity index (χ0n) is 12.5. The summed E-state index contributed by atoms with van der Waals surface area (Å²) in [6.45, 7) is 5.67. The highest BCUT2D eigenvalue weighted by Gasteiger charge is 2.25. The number of hydrogen-bond acceptors (Lipinski definition) is 1. The Morgan fingerprint density at radius 1 is 1.25 bits per heavy atom. The Morgan fingerprint density at radius 2 is 1.95 bits per heavy atom. The predicted octanol–water partition coefficient (Wildman–Crippen LogP) is 5.87. The molecule has 1 aliphatic carbocycles. The van der Waals surface area contributed by atoms with Crippen LogP contribution in [-0.2, 0) is 5.88 Å². The van der Waals surface area contributed by atoms with E-state index in [2.05, 4.69) is 24.8 Å². The second-order valence-electron chi connectivity index (χ2n) is 6.19. The third-order valence-corrected chi connectivity index (χ3v) is 4.87. The number of hydrogen-bond donors (Lipinski definition) is 0. The fraction of sp³-hybridized carbons (Fsp3) is 0.647. The predicted molar refractivity (Wildman–Crippen MR) is 90.1 cm³/mol. The van der Waals surface area contributed by atoms with Gasteiger partial charge in [0, 0.05) is 28.9 Å². The van der Waals surface area contributed by atoms with Crippen LogP contribution in [0.4, 0.5) is 5.69 Å². The van der Waals surface area contributed by atoms with Gasteiger partial charge >= 0.3 is 0 Å².